The molecule has 3 nitrogen and oxygen atoms in total. The van der Waals surface area contributed by atoms with Gasteiger partial charge in [-0.3, -0.25) is 0 Å². The van der Waals surface area contributed by atoms with Gasteiger partial charge in [0.05, 0.1) is 6.61 Å². The van der Waals surface area contributed by atoms with Crippen molar-refractivity contribution in [3.8, 4) is 0 Å². The van der Waals surface area contributed by atoms with E-state index >= 15 is 0 Å². The molecule has 0 spiro atoms. The van der Waals surface area contributed by atoms with Gasteiger partial charge in [0.2, 0.25) is 0 Å². The molecule has 0 bridgehead atoms. The van der Waals surface area contributed by atoms with Crippen LogP contribution in [0.4, 0.5) is 0 Å². The quantitative estimate of drug-likeness (QED) is 0.804. The molecule has 2 rings (SSSR count). The zero-order valence-corrected chi connectivity index (χ0v) is 12.1. The van der Waals surface area contributed by atoms with Crippen LogP contribution in [0.5, 0.6) is 0 Å². The maximum Gasteiger partial charge on any atom is 0.0613 e. The van der Waals surface area contributed by atoms with Gasteiger partial charge in [-0.2, -0.15) is 0 Å². The van der Waals surface area contributed by atoms with Crippen molar-refractivity contribution in [2.75, 3.05) is 33.3 Å². The highest BCUT2D eigenvalue weighted by atomic mass is 16.3. The van der Waals surface area contributed by atoms with Crippen molar-refractivity contribution >= 4 is 0 Å². The second-order valence-electron chi connectivity index (χ2n) is 6.77. The van der Waals surface area contributed by atoms with E-state index in [0.29, 0.717) is 6.61 Å². The Kier molecular flexibility index (Phi) is 5.05. The Morgan fingerprint density at radius 2 is 2.00 bits per heavy atom. The molecule has 1 saturated carbocycles. The molecule has 0 aromatic carbocycles. The highest BCUT2D eigenvalue weighted by Crippen LogP contribution is 2.32. The first-order chi connectivity index (χ1) is 8.63. The molecule has 18 heavy (non-hydrogen) atoms. The van der Waals surface area contributed by atoms with E-state index in [0.717, 1.165) is 31.2 Å². The summed E-state index contributed by atoms with van der Waals surface area (Å²) in [7, 11) is 2.22. The van der Waals surface area contributed by atoms with Crippen LogP contribution in [0.1, 0.15) is 45.4 Å². The number of nitrogens with one attached hydrogen (secondary N) is 1. The highest BCUT2D eigenvalue weighted by Gasteiger charge is 2.33. The molecule has 2 N–H and O–H groups in total. The summed E-state index contributed by atoms with van der Waals surface area (Å²) < 4.78 is 0. The molecule has 1 saturated heterocycles. The molecule has 2 fully saturated rings. The van der Waals surface area contributed by atoms with Gasteiger partial charge in [-0.1, -0.05) is 6.92 Å². The van der Waals surface area contributed by atoms with Crippen molar-refractivity contribution in [3.05, 3.63) is 0 Å². The van der Waals surface area contributed by atoms with E-state index in [1.54, 1.807) is 0 Å². The van der Waals surface area contributed by atoms with Crippen LogP contribution in [0.15, 0.2) is 0 Å². The van der Waals surface area contributed by atoms with Crippen LogP contribution in [0.2, 0.25) is 0 Å². The van der Waals surface area contributed by atoms with Crippen LogP contribution in [-0.2, 0) is 0 Å². The van der Waals surface area contributed by atoms with Gasteiger partial charge < -0.3 is 15.3 Å². The topological polar surface area (TPSA) is 35.5 Å². The Morgan fingerprint density at radius 1 is 1.28 bits per heavy atom. The van der Waals surface area contributed by atoms with Gasteiger partial charge in [-0.25, -0.2) is 0 Å². The van der Waals surface area contributed by atoms with Crippen LogP contribution in [-0.4, -0.2) is 48.8 Å². The average Bonchev–Trinajstić information content (AvgIpc) is 2.39. The van der Waals surface area contributed by atoms with Crippen molar-refractivity contribution in [2.24, 2.45) is 11.8 Å². The minimum absolute atomic E-state index is 0.0303. The summed E-state index contributed by atoms with van der Waals surface area (Å²) in [6.45, 7) is 6.18. The van der Waals surface area contributed by atoms with E-state index in [2.05, 4.69) is 24.2 Å². The number of hydrogen-bond acceptors (Lipinski definition) is 3. The number of piperidine rings is 1. The SMILES string of the molecule is CC1CCC(CO)(NCC2CCCN(C)C2)CC1. The molecule has 2 aliphatic rings. The van der Waals surface area contributed by atoms with Crippen LogP contribution in [0.25, 0.3) is 0 Å². The molecule has 0 radical (unpaired) electrons. The Hall–Kier alpha value is -0.120. The lowest BCUT2D eigenvalue weighted by Gasteiger charge is -2.41. The maximum absolute atomic E-state index is 9.74. The zero-order valence-electron chi connectivity index (χ0n) is 12.1. The Labute approximate surface area is 112 Å². The standard InChI is InChI=1S/C15H30N2O/c1-13-5-7-15(12-18,8-6-13)16-10-14-4-3-9-17(2)11-14/h13-14,16,18H,3-12H2,1-2H3. The summed E-state index contributed by atoms with van der Waals surface area (Å²) in [5, 5.41) is 13.5. The lowest BCUT2D eigenvalue weighted by atomic mass is 9.77. The van der Waals surface area contributed by atoms with Gasteiger partial charge >= 0.3 is 0 Å². The third-order valence-electron chi connectivity index (χ3n) is 5.02. The fourth-order valence-electron chi connectivity index (χ4n) is 3.51. The van der Waals surface area contributed by atoms with Gasteiger partial charge in [0, 0.05) is 12.1 Å². The Morgan fingerprint density at radius 3 is 2.61 bits per heavy atom. The van der Waals surface area contributed by atoms with Gasteiger partial charge in [0.1, 0.15) is 0 Å². The number of rotatable bonds is 4. The van der Waals surface area contributed by atoms with E-state index in [-0.39, 0.29) is 5.54 Å². The number of likely N-dealkylation sites (tertiary alicyclic amines) is 1. The fourth-order valence-corrected chi connectivity index (χ4v) is 3.51. The van der Waals surface area contributed by atoms with Crippen molar-refractivity contribution < 1.29 is 5.11 Å². The van der Waals surface area contributed by atoms with Crippen molar-refractivity contribution in [1.29, 1.82) is 0 Å². The van der Waals surface area contributed by atoms with E-state index in [4.69, 9.17) is 0 Å². The van der Waals surface area contributed by atoms with Crippen LogP contribution in [0.3, 0.4) is 0 Å². The molecule has 0 amide bonds. The maximum atomic E-state index is 9.74. The normalized spacial score (nSPS) is 38.8. The minimum Gasteiger partial charge on any atom is -0.394 e. The van der Waals surface area contributed by atoms with Crippen molar-refractivity contribution in [1.82, 2.24) is 10.2 Å². The van der Waals surface area contributed by atoms with Crippen LogP contribution in [0, 0.1) is 11.8 Å². The predicted octanol–water partition coefficient (Wildman–Crippen LogP) is 1.86. The molecule has 0 aromatic heterocycles. The van der Waals surface area contributed by atoms with Crippen molar-refractivity contribution in [3.63, 3.8) is 0 Å². The molecule has 1 aliphatic heterocycles. The molecular formula is C15H30N2O. The number of aliphatic hydroxyl groups is 1. The zero-order chi connectivity index (χ0) is 13.0. The largest absolute Gasteiger partial charge is 0.394 e. The molecule has 1 atom stereocenters. The van der Waals surface area contributed by atoms with Crippen LogP contribution >= 0.6 is 0 Å². The summed E-state index contributed by atoms with van der Waals surface area (Å²) in [5.74, 6) is 1.61. The van der Waals surface area contributed by atoms with E-state index < -0.39 is 0 Å². The fraction of sp³-hybridized carbons (Fsp3) is 1.00. The third-order valence-corrected chi connectivity index (χ3v) is 5.02. The minimum atomic E-state index is 0.0303. The molecular weight excluding hydrogens is 224 g/mol. The smallest absolute Gasteiger partial charge is 0.0613 e. The molecule has 3 heteroatoms. The van der Waals surface area contributed by atoms with E-state index in [1.165, 1.54) is 38.8 Å². The summed E-state index contributed by atoms with van der Waals surface area (Å²) in [4.78, 5) is 2.43. The summed E-state index contributed by atoms with van der Waals surface area (Å²) in [6, 6.07) is 0. The summed E-state index contributed by atoms with van der Waals surface area (Å²) in [6.07, 6.45) is 7.48. The Balaban J connectivity index is 1.79. The van der Waals surface area contributed by atoms with E-state index in [1.807, 2.05) is 0 Å². The second kappa shape index (κ2) is 6.36. The summed E-state index contributed by atoms with van der Waals surface area (Å²) >= 11 is 0. The summed E-state index contributed by atoms with van der Waals surface area (Å²) in [5.41, 5.74) is 0.0303. The number of aliphatic hydroxyl groups excluding tert-OH is 1. The monoisotopic (exact) mass is 254 g/mol. The molecule has 0 aromatic rings. The van der Waals surface area contributed by atoms with E-state index in [9.17, 15) is 5.11 Å². The third kappa shape index (κ3) is 3.69. The number of nitrogens with zero attached hydrogens (tertiary/aromatic N) is 1. The second-order valence-corrected chi connectivity index (χ2v) is 6.77. The van der Waals surface area contributed by atoms with Gasteiger partial charge in [0.25, 0.3) is 0 Å². The van der Waals surface area contributed by atoms with Gasteiger partial charge in [-0.15, -0.1) is 0 Å². The highest BCUT2D eigenvalue weighted by molar-refractivity contribution is 4.92. The van der Waals surface area contributed by atoms with Crippen LogP contribution < -0.4 is 5.32 Å². The number of hydrogen-bond donors (Lipinski definition) is 2. The predicted molar refractivity (Wildman–Crippen MR) is 75.7 cm³/mol. The van der Waals surface area contributed by atoms with Gasteiger partial charge in [-0.05, 0) is 70.5 Å². The average molecular weight is 254 g/mol. The lowest BCUT2D eigenvalue weighted by molar-refractivity contribution is 0.0942. The van der Waals surface area contributed by atoms with Gasteiger partial charge in [0.15, 0.2) is 0 Å². The first-order valence-electron chi connectivity index (χ1n) is 7.68. The lowest BCUT2D eigenvalue weighted by Crippen LogP contribution is -2.53. The Bertz CT molecular complexity index is 249. The molecule has 1 aliphatic carbocycles. The first kappa shape index (κ1) is 14.3. The van der Waals surface area contributed by atoms with Crippen molar-refractivity contribution in [2.45, 2.75) is 51.0 Å². The molecule has 1 unspecified atom stereocenters. The molecule has 106 valence electrons. The first-order valence-corrected chi connectivity index (χ1v) is 7.68. The molecule has 1 heterocycles.